The number of sulfonamides is 1. The van der Waals surface area contributed by atoms with Crippen molar-refractivity contribution in [3.8, 4) is 11.5 Å². The summed E-state index contributed by atoms with van der Waals surface area (Å²) in [6.07, 6.45) is 0.179. The van der Waals surface area contributed by atoms with Crippen LogP contribution in [0.3, 0.4) is 0 Å². The van der Waals surface area contributed by atoms with E-state index in [1.54, 1.807) is 30.3 Å². The van der Waals surface area contributed by atoms with Crippen LogP contribution >= 0.6 is 23.2 Å². The third-order valence-electron chi connectivity index (χ3n) is 7.76. The van der Waals surface area contributed by atoms with Gasteiger partial charge < -0.3 is 19.7 Å². The van der Waals surface area contributed by atoms with Crippen LogP contribution in [-0.2, 0) is 32.6 Å². The summed E-state index contributed by atoms with van der Waals surface area (Å²) in [7, 11) is -1.50. The van der Waals surface area contributed by atoms with Crippen LogP contribution in [0.1, 0.15) is 36.1 Å². The lowest BCUT2D eigenvalue weighted by molar-refractivity contribution is -0.140. The summed E-state index contributed by atoms with van der Waals surface area (Å²) >= 11 is 12.6. The monoisotopic (exact) mass is 725 g/mol. The molecule has 0 aliphatic rings. The van der Waals surface area contributed by atoms with Gasteiger partial charge in [0.2, 0.25) is 11.8 Å². The average molecular weight is 727 g/mol. The number of hydrogen-bond acceptors (Lipinski definition) is 6. The molecule has 0 fully saturated rings. The van der Waals surface area contributed by atoms with Gasteiger partial charge in [0, 0.05) is 25.1 Å². The van der Waals surface area contributed by atoms with Crippen LogP contribution in [0, 0.1) is 13.8 Å². The zero-order valence-electron chi connectivity index (χ0n) is 28.4. The molecule has 4 aromatic carbocycles. The Bertz CT molecular complexity index is 1880. The molecule has 260 valence electrons. The molecule has 0 radical (unpaired) electrons. The molecule has 2 amide bonds. The topological polar surface area (TPSA) is 105 Å². The number of aryl methyl sites for hydroxylation is 2. The van der Waals surface area contributed by atoms with Gasteiger partial charge in [0.15, 0.2) is 11.5 Å². The molecule has 12 heteroatoms. The van der Waals surface area contributed by atoms with Crippen molar-refractivity contribution in [2.45, 2.75) is 57.6 Å². The second kappa shape index (κ2) is 16.4. The highest BCUT2D eigenvalue weighted by Gasteiger charge is 2.35. The van der Waals surface area contributed by atoms with Crippen LogP contribution in [0.2, 0.25) is 10.0 Å². The van der Waals surface area contributed by atoms with E-state index in [1.165, 1.54) is 37.3 Å². The minimum absolute atomic E-state index is 0.0458. The molecule has 0 aromatic heterocycles. The first-order valence-electron chi connectivity index (χ1n) is 15.6. The molecule has 9 nitrogen and oxygen atoms in total. The molecule has 0 aliphatic heterocycles. The predicted molar refractivity (Wildman–Crippen MR) is 194 cm³/mol. The van der Waals surface area contributed by atoms with Crippen molar-refractivity contribution in [1.29, 1.82) is 0 Å². The van der Waals surface area contributed by atoms with Crippen LogP contribution in [-0.4, -0.2) is 58.0 Å². The van der Waals surface area contributed by atoms with Crippen molar-refractivity contribution in [1.82, 2.24) is 10.2 Å². The Hall–Kier alpha value is -4.25. The van der Waals surface area contributed by atoms with E-state index in [0.717, 1.165) is 21.0 Å². The molecule has 0 bridgehead atoms. The molecule has 1 atom stereocenters. The Morgan fingerprint density at radius 3 is 2.04 bits per heavy atom. The number of halogens is 2. The summed E-state index contributed by atoms with van der Waals surface area (Å²) in [5.41, 5.74) is 3.34. The second-order valence-corrected chi connectivity index (χ2v) is 14.7. The fourth-order valence-electron chi connectivity index (χ4n) is 5.50. The first-order valence-corrected chi connectivity index (χ1v) is 17.8. The number of rotatable bonds is 14. The fourth-order valence-corrected chi connectivity index (χ4v) is 7.23. The third-order valence-corrected chi connectivity index (χ3v) is 10.3. The maximum Gasteiger partial charge on any atom is 0.264 e. The van der Waals surface area contributed by atoms with Crippen LogP contribution in [0.25, 0.3) is 0 Å². The van der Waals surface area contributed by atoms with E-state index in [2.05, 4.69) is 5.32 Å². The molecular formula is C37H41Cl2N3O6S. The number of carbonyl (C=O) groups excluding carboxylic acids is 2. The van der Waals surface area contributed by atoms with Gasteiger partial charge in [-0.2, -0.15) is 0 Å². The highest BCUT2D eigenvalue weighted by molar-refractivity contribution is 7.92. The van der Waals surface area contributed by atoms with Gasteiger partial charge in [0.25, 0.3) is 10.0 Å². The normalized spacial score (nSPS) is 11.9. The third kappa shape index (κ3) is 9.47. The molecule has 49 heavy (non-hydrogen) atoms. The molecule has 0 heterocycles. The smallest absolute Gasteiger partial charge is 0.264 e. The first-order chi connectivity index (χ1) is 23.2. The van der Waals surface area contributed by atoms with Crippen molar-refractivity contribution in [2.24, 2.45) is 0 Å². The maximum absolute atomic E-state index is 14.7. The summed E-state index contributed by atoms with van der Waals surface area (Å²) in [6, 6.07) is 22.7. The summed E-state index contributed by atoms with van der Waals surface area (Å²) in [5, 5.41) is 3.57. The summed E-state index contributed by atoms with van der Waals surface area (Å²) in [5.74, 6) is -0.421. The Kier molecular flexibility index (Phi) is 12.6. The summed E-state index contributed by atoms with van der Waals surface area (Å²) < 4.78 is 40.8. The van der Waals surface area contributed by atoms with E-state index in [9.17, 15) is 18.0 Å². The number of hydrogen-bond donors (Lipinski definition) is 1. The van der Waals surface area contributed by atoms with Gasteiger partial charge in [-0.05, 0) is 86.3 Å². The van der Waals surface area contributed by atoms with Crippen LogP contribution in [0.4, 0.5) is 5.69 Å². The standard InChI is InChI=1S/C37H41Cl2N3O6S/c1-24(2)40-37(44)33(20-27-10-8-7-9-11-27)41(22-28-12-14-31(38)32(39)19-28)36(43)23-42(29-17-25(3)16-26(4)18-29)49(45,46)30-13-15-34(47-5)35(21-30)48-6/h7-19,21,24,33H,20,22-23H2,1-6H3,(H,40,44)/t33-/m0/s1. The minimum Gasteiger partial charge on any atom is -0.493 e. The predicted octanol–water partition coefficient (Wildman–Crippen LogP) is 6.99. The molecular weight excluding hydrogens is 685 g/mol. The van der Waals surface area contributed by atoms with Crippen molar-refractivity contribution in [3.05, 3.63) is 117 Å². The van der Waals surface area contributed by atoms with Crippen molar-refractivity contribution >= 4 is 50.7 Å². The van der Waals surface area contributed by atoms with E-state index in [4.69, 9.17) is 32.7 Å². The van der Waals surface area contributed by atoms with Crippen molar-refractivity contribution in [2.75, 3.05) is 25.1 Å². The van der Waals surface area contributed by atoms with Crippen LogP contribution in [0.5, 0.6) is 11.5 Å². The zero-order valence-corrected chi connectivity index (χ0v) is 30.7. The van der Waals surface area contributed by atoms with E-state index < -0.39 is 28.5 Å². The quantitative estimate of drug-likeness (QED) is 0.150. The van der Waals surface area contributed by atoms with E-state index >= 15 is 0 Å². The maximum atomic E-state index is 14.7. The van der Waals surface area contributed by atoms with Gasteiger partial charge >= 0.3 is 0 Å². The van der Waals surface area contributed by atoms with E-state index in [1.807, 2.05) is 64.1 Å². The fraction of sp³-hybridized carbons (Fsp3) is 0.297. The number of nitrogens with one attached hydrogen (secondary N) is 1. The second-order valence-electron chi connectivity index (χ2n) is 12.0. The highest BCUT2D eigenvalue weighted by atomic mass is 35.5. The van der Waals surface area contributed by atoms with Gasteiger partial charge in [-0.15, -0.1) is 0 Å². The van der Waals surface area contributed by atoms with Gasteiger partial charge in [0.1, 0.15) is 12.6 Å². The lowest BCUT2D eigenvalue weighted by Gasteiger charge is -2.34. The molecule has 0 saturated heterocycles. The Balaban J connectivity index is 1.87. The Morgan fingerprint density at radius 1 is 0.796 bits per heavy atom. The number of nitrogens with zero attached hydrogens (tertiary/aromatic N) is 2. The largest absolute Gasteiger partial charge is 0.493 e. The molecule has 0 aliphatic carbocycles. The number of carbonyl (C=O) groups is 2. The number of amides is 2. The van der Waals surface area contributed by atoms with Gasteiger partial charge in [-0.25, -0.2) is 8.42 Å². The van der Waals surface area contributed by atoms with E-state index in [0.29, 0.717) is 22.0 Å². The number of ether oxygens (including phenoxy) is 2. The molecule has 1 N–H and O–H groups in total. The molecule has 0 unspecified atom stereocenters. The number of benzene rings is 4. The molecule has 0 saturated carbocycles. The molecule has 4 aromatic rings. The van der Waals surface area contributed by atoms with Gasteiger partial charge in [0.05, 0.1) is 34.8 Å². The number of anilines is 1. The first kappa shape index (κ1) is 37.6. The highest BCUT2D eigenvalue weighted by Crippen LogP contribution is 2.33. The van der Waals surface area contributed by atoms with Gasteiger partial charge in [-0.3, -0.25) is 13.9 Å². The van der Waals surface area contributed by atoms with Crippen LogP contribution < -0.4 is 19.1 Å². The Morgan fingerprint density at radius 2 is 1.45 bits per heavy atom. The Labute approximate surface area is 298 Å². The molecule has 0 spiro atoms. The average Bonchev–Trinajstić information content (AvgIpc) is 3.05. The lowest BCUT2D eigenvalue weighted by atomic mass is 10.0. The number of methoxy groups -OCH3 is 2. The lowest BCUT2D eigenvalue weighted by Crippen LogP contribution is -2.54. The SMILES string of the molecule is COc1ccc(S(=O)(=O)N(CC(=O)N(Cc2ccc(Cl)c(Cl)c2)[C@@H](Cc2ccccc2)C(=O)NC(C)C)c2cc(C)cc(C)c2)cc1OC. The minimum atomic E-state index is -4.37. The summed E-state index contributed by atoms with van der Waals surface area (Å²) in [4.78, 5) is 29.9. The van der Waals surface area contributed by atoms with E-state index in [-0.39, 0.29) is 40.6 Å². The molecule has 4 rings (SSSR count). The van der Waals surface area contributed by atoms with Crippen molar-refractivity contribution < 1.29 is 27.5 Å². The summed E-state index contributed by atoms with van der Waals surface area (Å²) in [6.45, 7) is 6.71. The van der Waals surface area contributed by atoms with Crippen LogP contribution in [0.15, 0.2) is 89.8 Å². The zero-order chi connectivity index (χ0) is 35.9. The van der Waals surface area contributed by atoms with Gasteiger partial charge in [-0.1, -0.05) is 65.7 Å². The van der Waals surface area contributed by atoms with Crippen molar-refractivity contribution in [3.63, 3.8) is 0 Å².